The minimum atomic E-state index is -4.71. The monoisotopic (exact) mass is 1260 g/mol. The van der Waals surface area contributed by atoms with Crippen molar-refractivity contribution >= 4 is 79.0 Å². The molecule has 0 radical (unpaired) electrons. The molecule has 0 aromatic heterocycles. The summed E-state index contributed by atoms with van der Waals surface area (Å²) in [5.74, 6) is -4.63. The van der Waals surface area contributed by atoms with Crippen LogP contribution < -0.4 is 21.3 Å². The topological polar surface area (TPSA) is 310 Å². The van der Waals surface area contributed by atoms with Crippen molar-refractivity contribution in [1.82, 2.24) is 26.2 Å². The molecule has 1 heterocycles. The number of carbonyl (C=O) groups excluding carboxylic acids is 8. The number of likely N-dealkylation sites (tertiary alicyclic amines) is 1. The van der Waals surface area contributed by atoms with E-state index >= 15 is 0 Å². The van der Waals surface area contributed by atoms with Crippen molar-refractivity contribution < 1.29 is 85.7 Å². The van der Waals surface area contributed by atoms with Crippen molar-refractivity contribution in [2.75, 3.05) is 71.2 Å². The Labute approximate surface area is 509 Å². The third-order valence-electron chi connectivity index (χ3n) is 14.0. The maximum absolute atomic E-state index is 12.9. The third-order valence-corrected chi connectivity index (χ3v) is 16.8. The molecule has 488 valence electrons. The fourth-order valence-corrected chi connectivity index (χ4v) is 11.3. The molecule has 1 saturated heterocycles. The first kappa shape index (κ1) is 78.6. The number of rotatable bonds is 59. The van der Waals surface area contributed by atoms with Crippen LogP contribution in [0.1, 0.15) is 232 Å². The summed E-state index contributed by atoms with van der Waals surface area (Å²) in [6.45, 7) is 2.23. The zero-order chi connectivity index (χ0) is 61.7. The number of hydrogen-bond donors (Lipinski definition) is 6. The van der Waals surface area contributed by atoms with Crippen molar-refractivity contribution in [3.05, 3.63) is 0 Å². The Morgan fingerprint density at radius 2 is 1.12 bits per heavy atom. The molecule has 0 saturated carbocycles. The second-order valence-corrected chi connectivity index (χ2v) is 24.7. The van der Waals surface area contributed by atoms with Crippen LogP contribution in [-0.2, 0) is 75.6 Å². The van der Waals surface area contributed by atoms with Crippen LogP contribution in [0.5, 0.6) is 0 Å². The van der Waals surface area contributed by atoms with E-state index in [9.17, 15) is 47.8 Å². The van der Waals surface area contributed by atoms with Gasteiger partial charge in [0.15, 0.2) is 6.10 Å². The second kappa shape index (κ2) is 53.8. The maximum Gasteiger partial charge on any atom is 0.472 e. The molecule has 1 aliphatic rings. The first-order valence-electron chi connectivity index (χ1n) is 31.3. The number of unbranched alkanes of at least 4 members (excludes halogenated alkanes) is 28. The van der Waals surface area contributed by atoms with Gasteiger partial charge in [0.1, 0.15) is 19.3 Å². The van der Waals surface area contributed by atoms with E-state index in [1.165, 1.54) is 148 Å². The highest BCUT2D eigenvalue weighted by Crippen LogP contribution is 2.43. The van der Waals surface area contributed by atoms with Crippen LogP contribution >= 0.6 is 31.6 Å². The summed E-state index contributed by atoms with van der Waals surface area (Å²) in [5, 5.41) is 20.8. The Balaban J connectivity index is 2.42. The minimum absolute atomic E-state index is 0.000998. The summed E-state index contributed by atoms with van der Waals surface area (Å²) in [5.41, 5.74) is 0. The van der Waals surface area contributed by atoms with Crippen LogP contribution in [-0.4, -0.2) is 151 Å². The van der Waals surface area contributed by atoms with Gasteiger partial charge in [-0.15, -0.1) is 16.1 Å². The number of imide groups is 1. The fourth-order valence-electron chi connectivity index (χ4n) is 9.15. The lowest BCUT2D eigenvalue weighted by Crippen LogP contribution is -2.48. The molecule has 1 fully saturated rings. The van der Waals surface area contributed by atoms with Crippen LogP contribution in [0, 0.1) is 0 Å². The van der Waals surface area contributed by atoms with E-state index < -0.39 is 92.4 Å². The van der Waals surface area contributed by atoms with Crippen LogP contribution in [0.2, 0.25) is 0 Å². The van der Waals surface area contributed by atoms with Gasteiger partial charge in [-0.3, -0.25) is 52.3 Å². The van der Waals surface area contributed by atoms with Gasteiger partial charge in [0.05, 0.1) is 36.6 Å². The molecule has 1 rings (SSSR count). The molecular formula is C58H106N5O18PS2. The maximum atomic E-state index is 12.9. The van der Waals surface area contributed by atoms with Gasteiger partial charge in [0.2, 0.25) is 35.4 Å². The SMILES string of the molecule is CCCCCCCCCCCCCCCCCC(=O)OC[C@H](COP(=O)(O)OCCNC(=O)COCCNC(=O)CCN1C(=O)CC(SCC(=O)N[C@@H](CSOOO)C(=O)NC)C1=O)OC(=O)CCCCCCCCCCCCCCCCC. The Kier molecular flexibility index (Phi) is 50.4. The van der Waals surface area contributed by atoms with Gasteiger partial charge < -0.3 is 40.4 Å². The largest absolute Gasteiger partial charge is 0.472 e. The van der Waals surface area contributed by atoms with E-state index in [1.807, 2.05) is 0 Å². The number of hydrogen-bond acceptors (Lipinski definition) is 19. The summed E-state index contributed by atoms with van der Waals surface area (Å²) in [4.78, 5) is 112. The number of carbonyl (C=O) groups is 8. The number of nitrogens with zero attached hydrogens (tertiary/aromatic N) is 1. The van der Waals surface area contributed by atoms with Crippen molar-refractivity contribution in [1.29, 1.82) is 0 Å². The van der Waals surface area contributed by atoms with Crippen LogP contribution in [0.4, 0.5) is 0 Å². The smallest absolute Gasteiger partial charge is 0.462 e. The standard InChI is InChI=1S/C58H106N5O18PS2/c1-4-6-8-10-12-14-16-18-20-22-24-26-28-30-32-34-55(68)76-43-48(79-56(69)35-33-31-29-27-25-23-21-19-17-15-13-11-9-7-5-2)44-78-82(73,74)77-41-38-61-52(65)45-75-40-37-60-51(64)36-39-63-54(67)42-50(58(63)71)83-47-53(66)62-49(57(70)59-3)46-84-81-80-72/h48-50,72H,4-47H2,1-3H3,(H,59,70)(H,60,64)(H,61,65)(H,62,66)(H,73,74)/t48-,49+,50?/m1/s1. The lowest BCUT2D eigenvalue weighted by Gasteiger charge is -2.20. The molecule has 84 heavy (non-hydrogen) atoms. The lowest BCUT2D eigenvalue weighted by atomic mass is 10.0. The van der Waals surface area contributed by atoms with E-state index in [0.29, 0.717) is 24.9 Å². The van der Waals surface area contributed by atoms with Gasteiger partial charge in [-0.05, 0) is 12.8 Å². The Bertz CT molecular complexity index is 1850. The lowest BCUT2D eigenvalue weighted by molar-refractivity contribution is -0.432. The van der Waals surface area contributed by atoms with Crippen molar-refractivity contribution in [3.8, 4) is 0 Å². The van der Waals surface area contributed by atoms with Gasteiger partial charge in [0, 0.05) is 64.4 Å². The first-order chi connectivity index (χ1) is 40.7. The van der Waals surface area contributed by atoms with Crippen LogP contribution in [0.15, 0.2) is 0 Å². The van der Waals surface area contributed by atoms with Gasteiger partial charge in [-0.2, -0.15) is 0 Å². The van der Waals surface area contributed by atoms with E-state index in [0.717, 1.165) is 55.2 Å². The summed E-state index contributed by atoms with van der Waals surface area (Å²) < 4.78 is 43.5. The van der Waals surface area contributed by atoms with Gasteiger partial charge in [-0.25, -0.2) is 9.82 Å². The van der Waals surface area contributed by atoms with E-state index in [2.05, 4.69) is 44.5 Å². The van der Waals surface area contributed by atoms with Crippen molar-refractivity contribution in [3.63, 3.8) is 0 Å². The average Bonchev–Trinajstić information content (AvgIpc) is 3.88. The molecule has 0 aliphatic carbocycles. The van der Waals surface area contributed by atoms with Gasteiger partial charge in [0.25, 0.3) is 0 Å². The minimum Gasteiger partial charge on any atom is -0.462 e. The number of phosphoric ester groups is 1. The molecule has 2 unspecified atom stereocenters. The predicted octanol–water partition coefficient (Wildman–Crippen LogP) is 9.90. The predicted molar refractivity (Wildman–Crippen MR) is 324 cm³/mol. The quantitative estimate of drug-likeness (QED) is 0.00627. The summed E-state index contributed by atoms with van der Waals surface area (Å²) in [7, 11) is -3.35. The molecule has 6 amide bonds. The number of amides is 6. The average molecular weight is 1260 g/mol. The number of thioether (sulfide) groups is 1. The van der Waals surface area contributed by atoms with Gasteiger partial charge >= 0.3 is 19.8 Å². The molecule has 26 heteroatoms. The Hall–Kier alpha value is -3.39. The molecule has 0 aromatic rings. The number of ether oxygens (including phenoxy) is 3. The highest BCUT2D eigenvalue weighted by Gasteiger charge is 2.39. The Morgan fingerprint density at radius 1 is 0.631 bits per heavy atom. The molecule has 0 bridgehead atoms. The summed E-state index contributed by atoms with van der Waals surface area (Å²) in [6, 6.07) is -1.04. The Morgan fingerprint density at radius 3 is 1.63 bits per heavy atom. The molecule has 23 nitrogen and oxygen atoms in total. The van der Waals surface area contributed by atoms with Crippen LogP contribution in [0.25, 0.3) is 0 Å². The third kappa shape index (κ3) is 45.0. The molecular weight excluding hydrogens is 1150 g/mol. The fraction of sp³-hybridized carbons (Fsp3) is 0.862. The molecule has 0 aromatic carbocycles. The van der Waals surface area contributed by atoms with Crippen molar-refractivity contribution in [2.45, 2.75) is 250 Å². The summed E-state index contributed by atoms with van der Waals surface area (Å²) in [6.07, 6.45) is 34.6. The zero-order valence-electron chi connectivity index (χ0n) is 51.0. The normalized spacial score (nSPS) is 14.7. The molecule has 0 spiro atoms. The highest BCUT2D eigenvalue weighted by atomic mass is 32.2. The van der Waals surface area contributed by atoms with Crippen LogP contribution in [0.3, 0.4) is 0 Å². The highest BCUT2D eigenvalue weighted by molar-refractivity contribution is 8.01. The van der Waals surface area contributed by atoms with Crippen molar-refractivity contribution in [2.24, 2.45) is 0 Å². The summed E-state index contributed by atoms with van der Waals surface area (Å²) >= 11 is 1.48. The molecule has 6 N–H and O–H groups in total. The number of nitrogens with one attached hydrogen (secondary N) is 4. The van der Waals surface area contributed by atoms with E-state index in [1.54, 1.807) is 0 Å². The van der Waals surface area contributed by atoms with E-state index in [-0.39, 0.29) is 70.0 Å². The van der Waals surface area contributed by atoms with E-state index in [4.69, 9.17) is 28.5 Å². The second-order valence-electron chi connectivity index (χ2n) is 21.3. The molecule has 4 atom stereocenters. The zero-order valence-corrected chi connectivity index (χ0v) is 53.5. The first-order valence-corrected chi connectivity index (χ1v) is 34.8. The molecule has 1 aliphatic heterocycles. The number of esters is 2. The number of phosphoric acid groups is 1. The number of likely N-dealkylation sites (N-methyl/N-ethyl adjacent to an activating group) is 1. The van der Waals surface area contributed by atoms with Gasteiger partial charge in [-0.1, -0.05) is 199 Å².